The first-order valence-electron chi connectivity index (χ1n) is 8.20. The maximum atomic E-state index is 12.8. The molecule has 0 radical (unpaired) electrons. The Morgan fingerprint density at radius 3 is 2.54 bits per heavy atom. The minimum Gasteiger partial charge on any atom is -0.496 e. The van der Waals surface area contributed by atoms with Crippen molar-refractivity contribution in [3.05, 3.63) is 78.0 Å². The molecule has 2 aromatic carbocycles. The Morgan fingerprint density at radius 1 is 1.12 bits per heavy atom. The van der Waals surface area contributed by atoms with Gasteiger partial charge in [-0.25, -0.2) is 4.79 Å². The fraction of sp³-hybridized carbons (Fsp3) is 0.200. The van der Waals surface area contributed by atoms with E-state index in [-0.39, 0.29) is 6.61 Å². The van der Waals surface area contributed by atoms with Gasteiger partial charge < -0.3 is 20.1 Å². The van der Waals surface area contributed by atoms with Gasteiger partial charge in [0.25, 0.3) is 0 Å². The topological polar surface area (TPSA) is 76.7 Å². The summed E-state index contributed by atoms with van der Waals surface area (Å²) in [5.74, 6) is -0.664. The molecule has 1 aliphatic rings. The summed E-state index contributed by atoms with van der Waals surface area (Å²) in [5.41, 5.74) is 1.86. The van der Waals surface area contributed by atoms with Crippen molar-refractivity contribution in [1.82, 2.24) is 10.6 Å². The predicted molar refractivity (Wildman–Crippen MR) is 96.3 cm³/mol. The van der Waals surface area contributed by atoms with Crippen LogP contribution in [0.3, 0.4) is 0 Å². The molecule has 2 unspecified atom stereocenters. The van der Waals surface area contributed by atoms with E-state index in [1.165, 1.54) is 0 Å². The van der Waals surface area contributed by atoms with E-state index in [9.17, 15) is 9.59 Å². The van der Waals surface area contributed by atoms with Crippen molar-refractivity contribution in [2.24, 2.45) is 5.92 Å². The third-order valence-electron chi connectivity index (χ3n) is 4.22. The number of nitrogens with one attached hydrogen (secondary N) is 2. The smallest absolute Gasteiger partial charge is 0.319 e. The molecular weight excluding hydrogens is 332 g/mol. The summed E-state index contributed by atoms with van der Waals surface area (Å²) in [6.07, 6.45) is 0. The Kier molecular flexibility index (Phi) is 5.22. The number of esters is 1. The van der Waals surface area contributed by atoms with Crippen LogP contribution >= 0.6 is 0 Å². The van der Waals surface area contributed by atoms with E-state index >= 15 is 0 Å². The van der Waals surface area contributed by atoms with Gasteiger partial charge in [0.15, 0.2) is 0 Å². The second-order valence-corrected chi connectivity index (χ2v) is 5.91. The summed E-state index contributed by atoms with van der Waals surface area (Å²) in [6, 6.07) is 15.6. The van der Waals surface area contributed by atoms with E-state index in [0.29, 0.717) is 17.0 Å². The average molecular weight is 352 g/mol. The van der Waals surface area contributed by atoms with Crippen LogP contribution < -0.4 is 15.4 Å². The van der Waals surface area contributed by atoms with Crippen molar-refractivity contribution in [3.8, 4) is 5.75 Å². The highest BCUT2D eigenvalue weighted by molar-refractivity contribution is 5.85. The number of carbonyl (C=O) groups excluding carboxylic acids is 2. The molecule has 1 saturated heterocycles. The van der Waals surface area contributed by atoms with E-state index in [4.69, 9.17) is 9.47 Å². The largest absolute Gasteiger partial charge is 0.496 e. The molecule has 1 fully saturated rings. The molecule has 26 heavy (non-hydrogen) atoms. The third kappa shape index (κ3) is 3.69. The van der Waals surface area contributed by atoms with Gasteiger partial charge in [-0.15, -0.1) is 0 Å². The minimum atomic E-state index is -0.771. The third-order valence-corrected chi connectivity index (χ3v) is 4.22. The average Bonchev–Trinajstić information content (AvgIpc) is 2.66. The molecule has 0 bridgehead atoms. The number of benzene rings is 2. The van der Waals surface area contributed by atoms with Crippen molar-refractivity contribution >= 4 is 12.0 Å². The number of carbonyl (C=O) groups is 2. The number of methoxy groups -OCH3 is 1. The zero-order chi connectivity index (χ0) is 18.5. The SMILES string of the molecule is C=C1NC(=O)NC(c2ccccc2OC)C1C(=O)OCc1ccccc1. The standard InChI is InChI=1S/C20H20N2O4/c1-13-17(19(23)26-12-14-8-4-3-5-9-14)18(22-20(24)21-13)15-10-6-7-11-16(15)25-2/h3-11,17-18H,1,12H2,2H3,(H2,21,22,24). The lowest BCUT2D eigenvalue weighted by molar-refractivity contribution is -0.149. The summed E-state index contributed by atoms with van der Waals surface area (Å²) in [6.45, 7) is 3.99. The minimum absolute atomic E-state index is 0.149. The van der Waals surface area contributed by atoms with Crippen molar-refractivity contribution < 1.29 is 19.1 Å². The van der Waals surface area contributed by atoms with Gasteiger partial charge in [0, 0.05) is 11.3 Å². The Hall–Kier alpha value is -3.28. The first kappa shape index (κ1) is 17.5. The van der Waals surface area contributed by atoms with Crippen LogP contribution in [0.25, 0.3) is 0 Å². The molecule has 1 heterocycles. The summed E-state index contributed by atoms with van der Waals surface area (Å²) in [5, 5.41) is 5.33. The molecule has 3 rings (SSSR count). The van der Waals surface area contributed by atoms with E-state index in [2.05, 4.69) is 17.2 Å². The van der Waals surface area contributed by atoms with Crippen molar-refractivity contribution in [3.63, 3.8) is 0 Å². The first-order chi connectivity index (χ1) is 12.6. The Balaban J connectivity index is 1.84. The van der Waals surface area contributed by atoms with Crippen LogP contribution in [0.1, 0.15) is 17.2 Å². The van der Waals surface area contributed by atoms with Crippen LogP contribution in [0.2, 0.25) is 0 Å². The zero-order valence-corrected chi connectivity index (χ0v) is 14.4. The lowest BCUT2D eigenvalue weighted by Crippen LogP contribution is -2.51. The van der Waals surface area contributed by atoms with Gasteiger partial charge in [-0.05, 0) is 11.6 Å². The molecule has 0 spiro atoms. The summed E-state index contributed by atoms with van der Waals surface area (Å²) < 4.78 is 10.8. The Labute approximate surface area is 151 Å². The van der Waals surface area contributed by atoms with Crippen molar-refractivity contribution in [2.45, 2.75) is 12.6 Å². The van der Waals surface area contributed by atoms with Gasteiger partial charge in [0.05, 0.1) is 13.2 Å². The second-order valence-electron chi connectivity index (χ2n) is 5.91. The van der Waals surface area contributed by atoms with Crippen LogP contribution in [0.5, 0.6) is 5.75 Å². The highest BCUT2D eigenvalue weighted by Gasteiger charge is 2.40. The van der Waals surface area contributed by atoms with E-state index in [1.54, 1.807) is 19.2 Å². The molecular formula is C20H20N2O4. The lowest BCUT2D eigenvalue weighted by Gasteiger charge is -2.33. The highest BCUT2D eigenvalue weighted by Crippen LogP contribution is 2.35. The van der Waals surface area contributed by atoms with Gasteiger partial charge in [-0.1, -0.05) is 55.1 Å². The summed E-state index contributed by atoms with van der Waals surface area (Å²) in [4.78, 5) is 24.7. The number of para-hydroxylation sites is 1. The molecule has 6 heteroatoms. The maximum absolute atomic E-state index is 12.8. The molecule has 6 nitrogen and oxygen atoms in total. The number of hydrogen-bond donors (Lipinski definition) is 2. The predicted octanol–water partition coefficient (Wildman–Crippen LogP) is 2.92. The second kappa shape index (κ2) is 7.74. The molecule has 1 aliphatic heterocycles. The lowest BCUT2D eigenvalue weighted by atomic mass is 9.88. The first-order valence-corrected chi connectivity index (χ1v) is 8.20. The molecule has 0 aliphatic carbocycles. The van der Waals surface area contributed by atoms with Gasteiger partial charge in [0.2, 0.25) is 0 Å². The Morgan fingerprint density at radius 2 is 1.81 bits per heavy atom. The summed E-state index contributed by atoms with van der Waals surface area (Å²) in [7, 11) is 1.54. The van der Waals surface area contributed by atoms with Gasteiger partial charge in [-0.3, -0.25) is 4.79 Å². The summed E-state index contributed by atoms with van der Waals surface area (Å²) >= 11 is 0. The number of ether oxygens (including phenoxy) is 2. The van der Waals surface area contributed by atoms with Gasteiger partial charge >= 0.3 is 12.0 Å². The van der Waals surface area contributed by atoms with Crippen LogP contribution in [-0.4, -0.2) is 19.1 Å². The van der Waals surface area contributed by atoms with E-state index in [1.807, 2.05) is 42.5 Å². The molecule has 2 atom stereocenters. The van der Waals surface area contributed by atoms with E-state index < -0.39 is 24.0 Å². The van der Waals surface area contributed by atoms with Gasteiger partial charge in [-0.2, -0.15) is 0 Å². The molecule has 2 aromatic rings. The molecule has 0 aromatic heterocycles. The monoisotopic (exact) mass is 352 g/mol. The molecule has 134 valence electrons. The normalized spacial score (nSPS) is 19.3. The highest BCUT2D eigenvalue weighted by atomic mass is 16.5. The van der Waals surface area contributed by atoms with E-state index in [0.717, 1.165) is 5.56 Å². The number of urea groups is 1. The Bertz CT molecular complexity index is 820. The van der Waals surface area contributed by atoms with Crippen molar-refractivity contribution in [2.75, 3.05) is 7.11 Å². The van der Waals surface area contributed by atoms with Crippen LogP contribution in [0.15, 0.2) is 66.9 Å². The number of amides is 2. The fourth-order valence-corrected chi connectivity index (χ4v) is 2.96. The van der Waals surface area contributed by atoms with Crippen LogP contribution in [-0.2, 0) is 16.1 Å². The van der Waals surface area contributed by atoms with Crippen molar-refractivity contribution in [1.29, 1.82) is 0 Å². The molecule has 2 N–H and O–H groups in total. The maximum Gasteiger partial charge on any atom is 0.319 e. The zero-order valence-electron chi connectivity index (χ0n) is 14.4. The molecule has 2 amide bonds. The number of hydrogen-bond acceptors (Lipinski definition) is 4. The van der Waals surface area contributed by atoms with Crippen LogP contribution in [0, 0.1) is 5.92 Å². The van der Waals surface area contributed by atoms with Gasteiger partial charge in [0.1, 0.15) is 18.3 Å². The fourth-order valence-electron chi connectivity index (χ4n) is 2.96. The quantitative estimate of drug-likeness (QED) is 0.811. The van der Waals surface area contributed by atoms with Crippen LogP contribution in [0.4, 0.5) is 4.79 Å². The number of rotatable bonds is 5. The molecule has 0 saturated carbocycles.